The third-order valence-corrected chi connectivity index (χ3v) is 7.06. The van der Waals surface area contributed by atoms with Crippen molar-refractivity contribution < 1.29 is 19.1 Å². The lowest BCUT2D eigenvalue weighted by atomic mass is 10.0. The Bertz CT molecular complexity index is 1680. The van der Waals surface area contributed by atoms with Crippen LogP contribution >= 0.6 is 23.2 Å². The number of methoxy groups -OCH3 is 1. The minimum Gasteiger partial charge on any atom is -0.484 e. The number of nitrogens with zero attached hydrogens (tertiary/aromatic N) is 1. The summed E-state index contributed by atoms with van der Waals surface area (Å²) in [7, 11) is 1.38. The molecule has 1 heterocycles. The molecule has 0 fully saturated rings. The van der Waals surface area contributed by atoms with Gasteiger partial charge in [0.1, 0.15) is 5.75 Å². The lowest BCUT2D eigenvalue weighted by Crippen LogP contribution is -2.20. The zero-order valence-corrected chi connectivity index (χ0v) is 23.2. The Morgan fingerprint density at radius 2 is 1.65 bits per heavy atom. The maximum absolute atomic E-state index is 12.5. The molecule has 0 bridgehead atoms. The Labute approximate surface area is 242 Å². The van der Waals surface area contributed by atoms with Crippen LogP contribution in [0.15, 0.2) is 97.2 Å². The minimum atomic E-state index is -0.370. The number of carbonyl (C=O) groups excluding carboxylic acids is 2. The van der Waals surface area contributed by atoms with Gasteiger partial charge in [0, 0.05) is 28.7 Å². The fourth-order valence-corrected chi connectivity index (χ4v) is 5.06. The van der Waals surface area contributed by atoms with Crippen molar-refractivity contribution in [2.75, 3.05) is 19.0 Å². The molecule has 1 amide bonds. The summed E-state index contributed by atoms with van der Waals surface area (Å²) in [4.78, 5) is 24.9. The number of esters is 1. The van der Waals surface area contributed by atoms with Crippen LogP contribution < -0.4 is 10.1 Å². The molecule has 0 saturated carbocycles. The zero-order valence-electron chi connectivity index (χ0n) is 21.7. The van der Waals surface area contributed by atoms with Crippen molar-refractivity contribution >= 4 is 51.7 Å². The van der Waals surface area contributed by atoms with Gasteiger partial charge in [-0.15, -0.1) is 0 Å². The second-order valence-electron chi connectivity index (χ2n) is 9.23. The summed E-state index contributed by atoms with van der Waals surface area (Å²) >= 11 is 12.1. The van der Waals surface area contributed by atoms with Crippen molar-refractivity contribution in [2.24, 2.45) is 0 Å². The molecule has 5 rings (SSSR count). The van der Waals surface area contributed by atoms with Gasteiger partial charge in [-0.25, -0.2) is 4.79 Å². The lowest BCUT2D eigenvalue weighted by Gasteiger charge is -2.11. The largest absolute Gasteiger partial charge is 0.484 e. The first-order valence-electron chi connectivity index (χ1n) is 12.6. The van der Waals surface area contributed by atoms with Crippen LogP contribution in [0.5, 0.6) is 5.75 Å². The number of carbonyl (C=O) groups is 2. The Morgan fingerprint density at radius 1 is 0.875 bits per heavy atom. The molecule has 0 unspecified atom stereocenters. The van der Waals surface area contributed by atoms with E-state index in [1.54, 1.807) is 24.3 Å². The average molecular weight is 573 g/mol. The van der Waals surface area contributed by atoms with E-state index < -0.39 is 0 Å². The number of hydrogen-bond acceptors (Lipinski definition) is 4. The van der Waals surface area contributed by atoms with Crippen LogP contribution in [0, 0.1) is 0 Å². The molecule has 202 valence electrons. The Hall–Kier alpha value is -4.26. The summed E-state index contributed by atoms with van der Waals surface area (Å²) < 4.78 is 13.0. The number of ether oxygens (including phenoxy) is 2. The van der Waals surface area contributed by atoms with Gasteiger partial charge in [0.25, 0.3) is 5.91 Å². The van der Waals surface area contributed by atoms with Crippen molar-refractivity contribution in [3.63, 3.8) is 0 Å². The molecule has 5 aromatic rings. The molecule has 0 aliphatic heterocycles. The monoisotopic (exact) mass is 572 g/mol. The molecule has 1 N–H and O–H groups in total. The maximum Gasteiger partial charge on any atom is 0.338 e. The molecule has 0 aliphatic rings. The van der Waals surface area contributed by atoms with Gasteiger partial charge in [0.15, 0.2) is 6.61 Å². The fraction of sp³-hybridized carbons (Fsp3) is 0.125. The summed E-state index contributed by atoms with van der Waals surface area (Å²) in [5, 5.41) is 4.58. The fourth-order valence-electron chi connectivity index (χ4n) is 4.60. The van der Waals surface area contributed by atoms with E-state index in [4.69, 9.17) is 32.7 Å². The van der Waals surface area contributed by atoms with Gasteiger partial charge in [0.2, 0.25) is 0 Å². The van der Waals surface area contributed by atoms with Crippen molar-refractivity contribution in [3.05, 3.63) is 129 Å². The average Bonchev–Trinajstić information content (AvgIpc) is 3.29. The van der Waals surface area contributed by atoms with E-state index in [2.05, 4.69) is 28.2 Å². The molecule has 4 aromatic carbocycles. The molecule has 0 aliphatic carbocycles. The number of fused-ring (bicyclic) bond motifs is 1. The van der Waals surface area contributed by atoms with E-state index in [9.17, 15) is 9.59 Å². The molecule has 0 atom stereocenters. The molecular weight excluding hydrogens is 547 g/mol. The third-order valence-electron chi connectivity index (χ3n) is 6.51. The number of rotatable bonds is 9. The summed E-state index contributed by atoms with van der Waals surface area (Å²) in [6.07, 6.45) is 2.81. The number of benzene rings is 4. The van der Waals surface area contributed by atoms with Gasteiger partial charge >= 0.3 is 5.97 Å². The van der Waals surface area contributed by atoms with Gasteiger partial charge in [-0.1, -0.05) is 71.7 Å². The Kier molecular flexibility index (Phi) is 8.39. The molecule has 40 heavy (non-hydrogen) atoms. The van der Waals surface area contributed by atoms with Crippen molar-refractivity contribution in [1.82, 2.24) is 4.57 Å². The predicted octanol–water partition coefficient (Wildman–Crippen LogP) is 7.39. The zero-order chi connectivity index (χ0) is 28.1. The summed E-state index contributed by atoms with van der Waals surface area (Å²) in [6.45, 7) is 0.298. The van der Waals surface area contributed by atoms with E-state index in [0.717, 1.165) is 22.0 Å². The van der Waals surface area contributed by atoms with Crippen LogP contribution in [-0.4, -0.2) is 30.2 Å². The molecule has 0 radical (unpaired) electrons. The van der Waals surface area contributed by atoms with Gasteiger partial charge in [0.05, 0.1) is 23.4 Å². The first-order chi connectivity index (χ1) is 19.4. The van der Waals surface area contributed by atoms with Gasteiger partial charge in [-0.3, -0.25) is 4.79 Å². The van der Waals surface area contributed by atoms with E-state index in [0.29, 0.717) is 40.0 Å². The molecule has 6 nitrogen and oxygen atoms in total. The van der Waals surface area contributed by atoms with Crippen LogP contribution in [0.3, 0.4) is 0 Å². The quantitative estimate of drug-likeness (QED) is 0.187. The summed E-state index contributed by atoms with van der Waals surface area (Å²) in [5.41, 5.74) is 5.10. The second-order valence-corrected chi connectivity index (χ2v) is 10.1. The Morgan fingerprint density at radius 3 is 2.42 bits per heavy atom. The van der Waals surface area contributed by atoms with Crippen molar-refractivity contribution in [3.8, 4) is 5.75 Å². The number of aromatic nitrogens is 1. The molecule has 0 saturated heterocycles. The number of hydrogen-bond donors (Lipinski definition) is 1. The molecule has 8 heteroatoms. The minimum absolute atomic E-state index is 0.189. The molecule has 0 spiro atoms. The van der Waals surface area contributed by atoms with Crippen LogP contribution in [0.4, 0.5) is 5.69 Å². The molecule has 1 aromatic heterocycles. The second kappa shape index (κ2) is 12.3. The van der Waals surface area contributed by atoms with E-state index in [-0.39, 0.29) is 18.5 Å². The highest BCUT2D eigenvalue weighted by Gasteiger charge is 2.16. The van der Waals surface area contributed by atoms with Crippen molar-refractivity contribution in [2.45, 2.75) is 13.0 Å². The summed E-state index contributed by atoms with van der Waals surface area (Å²) in [5.74, 6) is -0.150. The van der Waals surface area contributed by atoms with E-state index in [1.165, 1.54) is 12.7 Å². The lowest BCUT2D eigenvalue weighted by molar-refractivity contribution is -0.118. The summed E-state index contributed by atoms with van der Waals surface area (Å²) in [6, 6.07) is 28.2. The van der Waals surface area contributed by atoms with Gasteiger partial charge in [-0.2, -0.15) is 0 Å². The molecular formula is C32H26Cl2N2O4. The number of halogens is 2. The first kappa shape index (κ1) is 27.3. The first-order valence-corrected chi connectivity index (χ1v) is 13.4. The highest BCUT2D eigenvalue weighted by atomic mass is 35.5. The highest BCUT2D eigenvalue weighted by Crippen LogP contribution is 2.30. The third kappa shape index (κ3) is 6.30. The number of nitrogens with one attached hydrogen (secondary N) is 1. The topological polar surface area (TPSA) is 69.6 Å². The van der Waals surface area contributed by atoms with E-state index in [1.807, 2.05) is 54.6 Å². The number of anilines is 1. The van der Waals surface area contributed by atoms with Gasteiger partial charge in [-0.05, 0) is 65.6 Å². The Balaban J connectivity index is 1.42. The van der Waals surface area contributed by atoms with Crippen molar-refractivity contribution in [1.29, 1.82) is 0 Å². The SMILES string of the molecule is COC(=O)c1ccccc1Cn1cc(Cc2ccccc2)c2cc(OCC(=O)Nc3ccc(Cl)cc3Cl)ccc21. The number of amides is 1. The van der Waals surface area contributed by atoms with Gasteiger partial charge < -0.3 is 19.4 Å². The normalized spacial score (nSPS) is 10.9. The maximum atomic E-state index is 12.5. The van der Waals surface area contributed by atoms with Crippen LogP contribution in [-0.2, 0) is 22.5 Å². The van der Waals surface area contributed by atoms with Crippen LogP contribution in [0.2, 0.25) is 10.0 Å². The van der Waals surface area contributed by atoms with E-state index >= 15 is 0 Å². The van der Waals surface area contributed by atoms with Crippen LogP contribution in [0.25, 0.3) is 10.9 Å². The highest BCUT2D eigenvalue weighted by molar-refractivity contribution is 6.36. The van der Waals surface area contributed by atoms with Crippen LogP contribution in [0.1, 0.15) is 27.0 Å². The predicted molar refractivity (Wildman–Crippen MR) is 159 cm³/mol. The standard InChI is InChI=1S/C32H26Cl2N2O4/c1-39-32(38)26-10-6-5-9-22(26)18-36-19-23(15-21-7-3-2-4-8-21)27-17-25(12-14-30(27)36)40-20-31(37)35-29-13-11-24(33)16-28(29)34/h2-14,16-17,19H,15,18,20H2,1H3,(H,35,37). The smallest absolute Gasteiger partial charge is 0.338 e.